The zero-order valence-corrected chi connectivity index (χ0v) is 21.2. The standard InChI is InChI=1S/C13H23NO.C8H14.C6H12O2/c1-5-7-9-10-13(15)14(12(3)4)11-8-6-2;1-4-5-6-7-8(2)3;1-2-3-4-5-6(7)8/h2,12H,5,7-11H2,1,3-4H3;1,8H,5-7H2,2-3H3;2-5H2,1H3,(H,7,8). The van der Waals surface area contributed by atoms with E-state index in [1.807, 2.05) is 18.7 Å². The number of carbonyl (C=O) groups is 2. The first kappa shape index (κ1) is 33.7. The Labute approximate surface area is 193 Å². The van der Waals surface area contributed by atoms with Crippen LogP contribution in [0.15, 0.2) is 0 Å². The average Bonchev–Trinajstić information content (AvgIpc) is 2.69. The van der Waals surface area contributed by atoms with Crippen molar-refractivity contribution in [3.63, 3.8) is 0 Å². The van der Waals surface area contributed by atoms with E-state index in [1.54, 1.807) is 0 Å². The Morgan fingerprint density at radius 1 is 0.839 bits per heavy atom. The Morgan fingerprint density at radius 3 is 1.74 bits per heavy atom. The first-order valence-corrected chi connectivity index (χ1v) is 12.1. The summed E-state index contributed by atoms with van der Waals surface area (Å²) >= 11 is 0. The van der Waals surface area contributed by atoms with E-state index >= 15 is 0 Å². The van der Waals surface area contributed by atoms with Gasteiger partial charge in [0.15, 0.2) is 0 Å². The molecule has 0 rings (SSSR count). The van der Waals surface area contributed by atoms with Gasteiger partial charge in [-0.05, 0) is 39.0 Å². The Balaban J connectivity index is -0.000000415. The first-order valence-electron chi connectivity index (χ1n) is 12.1. The minimum absolute atomic E-state index is 0.244. The zero-order chi connectivity index (χ0) is 24.5. The maximum Gasteiger partial charge on any atom is 0.303 e. The van der Waals surface area contributed by atoms with Crippen molar-refractivity contribution in [2.75, 3.05) is 6.54 Å². The molecule has 0 unspecified atom stereocenters. The molecule has 0 aromatic rings. The molecule has 1 N–H and O–H groups in total. The first-order chi connectivity index (χ1) is 14.7. The van der Waals surface area contributed by atoms with Gasteiger partial charge in [-0.15, -0.1) is 24.7 Å². The summed E-state index contributed by atoms with van der Waals surface area (Å²) in [5.74, 6) is 5.58. The highest BCUT2D eigenvalue weighted by Gasteiger charge is 2.15. The molecule has 0 fully saturated rings. The number of terminal acetylenes is 2. The molecule has 0 aromatic heterocycles. The molecule has 1 amide bonds. The van der Waals surface area contributed by atoms with Gasteiger partial charge >= 0.3 is 5.97 Å². The Hall–Kier alpha value is -1.94. The fraction of sp³-hybridized carbons (Fsp3) is 0.778. The van der Waals surface area contributed by atoms with Crippen LogP contribution in [0.2, 0.25) is 0 Å². The van der Waals surface area contributed by atoms with E-state index in [2.05, 4.69) is 39.5 Å². The van der Waals surface area contributed by atoms with E-state index in [1.165, 1.54) is 12.8 Å². The van der Waals surface area contributed by atoms with Crippen molar-refractivity contribution >= 4 is 11.9 Å². The molecule has 0 saturated carbocycles. The summed E-state index contributed by atoms with van der Waals surface area (Å²) in [5, 5.41) is 8.14. The lowest BCUT2D eigenvalue weighted by Gasteiger charge is -2.26. The third-order valence-electron chi connectivity index (χ3n) is 4.53. The number of carbonyl (C=O) groups excluding carboxylic acids is 1. The van der Waals surface area contributed by atoms with E-state index in [0.29, 0.717) is 25.8 Å². The normalized spacial score (nSPS) is 9.61. The lowest BCUT2D eigenvalue weighted by molar-refractivity contribution is -0.137. The van der Waals surface area contributed by atoms with Gasteiger partial charge in [0.05, 0.1) is 0 Å². The van der Waals surface area contributed by atoms with Gasteiger partial charge in [-0.25, -0.2) is 0 Å². The van der Waals surface area contributed by atoms with Crippen molar-refractivity contribution in [1.29, 1.82) is 0 Å². The van der Waals surface area contributed by atoms with Gasteiger partial charge in [-0.2, -0.15) is 0 Å². The molecule has 0 aliphatic rings. The van der Waals surface area contributed by atoms with Gasteiger partial charge in [-0.3, -0.25) is 9.59 Å². The fourth-order valence-electron chi connectivity index (χ4n) is 2.66. The van der Waals surface area contributed by atoms with Crippen molar-refractivity contribution < 1.29 is 14.7 Å². The lowest BCUT2D eigenvalue weighted by Crippen LogP contribution is -2.37. The maximum atomic E-state index is 11.8. The summed E-state index contributed by atoms with van der Waals surface area (Å²) in [6.07, 6.45) is 21.5. The van der Waals surface area contributed by atoms with E-state index in [9.17, 15) is 9.59 Å². The highest BCUT2D eigenvalue weighted by Crippen LogP contribution is 2.07. The third kappa shape index (κ3) is 30.3. The smallest absolute Gasteiger partial charge is 0.303 e. The van der Waals surface area contributed by atoms with Crippen molar-refractivity contribution in [1.82, 2.24) is 4.90 Å². The number of hydrogen-bond acceptors (Lipinski definition) is 2. The number of aliphatic carboxylic acids is 1. The van der Waals surface area contributed by atoms with Crippen molar-refractivity contribution in [3.05, 3.63) is 0 Å². The largest absolute Gasteiger partial charge is 0.481 e. The summed E-state index contributed by atoms with van der Waals surface area (Å²) in [6, 6.07) is 0.257. The van der Waals surface area contributed by atoms with Crippen LogP contribution in [0.1, 0.15) is 119 Å². The summed E-state index contributed by atoms with van der Waals surface area (Å²) in [6.45, 7) is 13.4. The Morgan fingerprint density at radius 2 is 1.35 bits per heavy atom. The molecule has 0 aliphatic heterocycles. The van der Waals surface area contributed by atoms with Crippen LogP contribution in [0.5, 0.6) is 0 Å². The zero-order valence-electron chi connectivity index (χ0n) is 21.2. The second kappa shape index (κ2) is 26.1. The van der Waals surface area contributed by atoms with Crippen LogP contribution < -0.4 is 0 Å². The molecule has 4 nitrogen and oxygen atoms in total. The van der Waals surface area contributed by atoms with Gasteiger partial charge in [0.25, 0.3) is 0 Å². The Bertz CT molecular complexity index is 498. The molecule has 0 saturated heterocycles. The molecular weight excluding hydrogens is 386 g/mol. The second-order valence-electron chi connectivity index (χ2n) is 8.43. The summed E-state index contributed by atoms with van der Waals surface area (Å²) in [5.41, 5.74) is 0. The van der Waals surface area contributed by atoms with Crippen molar-refractivity contribution in [2.24, 2.45) is 5.92 Å². The number of rotatable bonds is 14. The average molecular weight is 436 g/mol. The molecular formula is C27H49NO3. The summed E-state index contributed by atoms with van der Waals surface area (Å²) < 4.78 is 0. The molecule has 4 heteroatoms. The quantitative estimate of drug-likeness (QED) is 0.238. The van der Waals surface area contributed by atoms with Crippen LogP contribution in [-0.2, 0) is 9.59 Å². The third-order valence-corrected chi connectivity index (χ3v) is 4.53. The maximum absolute atomic E-state index is 11.8. The minimum atomic E-state index is -0.682. The van der Waals surface area contributed by atoms with E-state index in [0.717, 1.165) is 50.9 Å². The van der Waals surface area contributed by atoms with Crippen LogP contribution in [0.3, 0.4) is 0 Å². The fourth-order valence-corrected chi connectivity index (χ4v) is 2.66. The highest BCUT2D eigenvalue weighted by molar-refractivity contribution is 5.76. The summed E-state index contributed by atoms with van der Waals surface area (Å²) in [4.78, 5) is 23.6. The number of unbranched alkanes of at least 4 members (excludes halogenated alkanes) is 5. The van der Waals surface area contributed by atoms with Gasteiger partial charge < -0.3 is 10.0 Å². The van der Waals surface area contributed by atoms with E-state index < -0.39 is 5.97 Å². The van der Waals surface area contributed by atoms with Crippen molar-refractivity contribution in [3.8, 4) is 24.7 Å². The minimum Gasteiger partial charge on any atom is -0.481 e. The predicted octanol–water partition coefficient (Wildman–Crippen LogP) is 6.92. The van der Waals surface area contributed by atoms with E-state index in [-0.39, 0.29) is 11.9 Å². The molecule has 0 aromatic carbocycles. The van der Waals surface area contributed by atoms with Gasteiger partial charge in [0.1, 0.15) is 0 Å². The molecule has 0 heterocycles. The molecule has 31 heavy (non-hydrogen) atoms. The topological polar surface area (TPSA) is 57.6 Å². The number of carboxylic acids is 1. The molecule has 0 atom stereocenters. The number of amides is 1. The SMILES string of the molecule is C#CCCCC(C)C.C#CCCN(C(=O)CCCCC)C(C)C.CCCCCC(=O)O. The second-order valence-corrected chi connectivity index (χ2v) is 8.43. The molecule has 0 aliphatic carbocycles. The van der Waals surface area contributed by atoms with Crippen LogP contribution in [0.25, 0.3) is 0 Å². The van der Waals surface area contributed by atoms with Crippen LogP contribution >= 0.6 is 0 Å². The Kier molecular flexibility index (Phi) is 28.4. The van der Waals surface area contributed by atoms with Crippen LogP contribution in [0, 0.1) is 30.6 Å². The molecule has 0 bridgehead atoms. The monoisotopic (exact) mass is 435 g/mol. The van der Waals surface area contributed by atoms with Crippen LogP contribution in [-0.4, -0.2) is 34.5 Å². The lowest BCUT2D eigenvalue weighted by atomic mass is 10.1. The molecule has 0 spiro atoms. The van der Waals surface area contributed by atoms with Crippen molar-refractivity contribution in [2.45, 2.75) is 125 Å². The van der Waals surface area contributed by atoms with Gasteiger partial charge in [0.2, 0.25) is 5.91 Å². The molecule has 0 radical (unpaired) electrons. The van der Waals surface area contributed by atoms with Gasteiger partial charge in [-0.1, -0.05) is 59.8 Å². The number of hydrogen-bond donors (Lipinski definition) is 1. The number of carboxylic acid groups (broad SMARTS) is 1. The van der Waals surface area contributed by atoms with Crippen LogP contribution in [0.4, 0.5) is 0 Å². The molecule has 180 valence electrons. The predicted molar refractivity (Wildman–Crippen MR) is 134 cm³/mol. The number of nitrogens with zero attached hydrogens (tertiary/aromatic N) is 1. The van der Waals surface area contributed by atoms with E-state index in [4.69, 9.17) is 18.0 Å². The summed E-state index contributed by atoms with van der Waals surface area (Å²) in [7, 11) is 0. The van der Waals surface area contributed by atoms with Gasteiger partial charge in [0, 0.05) is 38.3 Å². The highest BCUT2D eigenvalue weighted by atomic mass is 16.4.